The molecule has 1 heterocycles. The Kier molecular flexibility index (Phi) is 4.45. The fourth-order valence-corrected chi connectivity index (χ4v) is 2.10. The Morgan fingerprint density at radius 3 is 3.08 bits per heavy atom. The summed E-state index contributed by atoms with van der Waals surface area (Å²) in [7, 11) is 0. The first kappa shape index (κ1) is 10.7. The minimum absolute atomic E-state index is 0.0952. The molecule has 0 aliphatic heterocycles. The van der Waals surface area contributed by atoms with E-state index >= 15 is 0 Å². The second-order valence-electron chi connectivity index (χ2n) is 2.74. The Morgan fingerprint density at radius 1 is 1.77 bits per heavy atom. The first-order valence-corrected chi connectivity index (χ1v) is 6.13. The quantitative estimate of drug-likeness (QED) is 0.830. The van der Waals surface area contributed by atoms with Gasteiger partial charge in [-0.3, -0.25) is 4.79 Å². The van der Waals surface area contributed by atoms with Crippen molar-refractivity contribution in [1.82, 2.24) is 5.32 Å². The average Bonchev–Trinajstić information content (AvgIpc) is 2.55. The summed E-state index contributed by atoms with van der Waals surface area (Å²) in [5.41, 5.74) is 0. The van der Waals surface area contributed by atoms with Gasteiger partial charge in [-0.15, -0.1) is 11.3 Å². The first-order chi connectivity index (χ1) is 6.24. The Balaban J connectivity index is 2.42. The van der Waals surface area contributed by atoms with Crippen molar-refractivity contribution in [3.8, 4) is 0 Å². The van der Waals surface area contributed by atoms with Crippen molar-refractivity contribution in [2.75, 3.05) is 5.33 Å². The highest BCUT2D eigenvalue weighted by Crippen LogP contribution is 2.17. The fourth-order valence-electron chi connectivity index (χ4n) is 1.01. The smallest absolute Gasteiger partial charge is 0.221 e. The molecule has 1 amide bonds. The Hall–Kier alpha value is -0.350. The van der Waals surface area contributed by atoms with E-state index in [1.54, 1.807) is 11.3 Å². The number of carbonyl (C=O) groups excluding carboxylic acids is 1. The number of thiophene rings is 1. The van der Waals surface area contributed by atoms with E-state index in [9.17, 15) is 4.79 Å². The van der Waals surface area contributed by atoms with Crippen molar-refractivity contribution in [1.29, 1.82) is 0 Å². The van der Waals surface area contributed by atoms with E-state index in [2.05, 4.69) is 21.2 Å². The van der Waals surface area contributed by atoms with Crippen LogP contribution in [0, 0.1) is 0 Å². The molecule has 1 N–H and O–H groups in total. The third-order valence-corrected chi connectivity index (χ3v) is 3.12. The summed E-state index contributed by atoms with van der Waals surface area (Å²) in [5, 5.41) is 5.66. The van der Waals surface area contributed by atoms with Gasteiger partial charge in [0.15, 0.2) is 0 Å². The number of rotatable bonds is 4. The van der Waals surface area contributed by atoms with Crippen LogP contribution in [0.15, 0.2) is 17.5 Å². The molecule has 0 bridgehead atoms. The number of nitrogens with one attached hydrogen (secondary N) is 1. The molecule has 0 fully saturated rings. The Morgan fingerprint density at radius 2 is 2.54 bits per heavy atom. The fraction of sp³-hybridized carbons (Fsp3) is 0.444. The van der Waals surface area contributed by atoms with Crippen molar-refractivity contribution in [3.63, 3.8) is 0 Å². The van der Waals surface area contributed by atoms with Gasteiger partial charge in [0, 0.05) is 16.6 Å². The average molecular weight is 262 g/mol. The highest BCUT2D eigenvalue weighted by atomic mass is 79.9. The molecule has 2 nitrogen and oxygen atoms in total. The lowest BCUT2D eigenvalue weighted by Crippen LogP contribution is -2.25. The summed E-state index contributed by atoms with van der Waals surface area (Å²) in [4.78, 5) is 12.4. The van der Waals surface area contributed by atoms with Crippen molar-refractivity contribution < 1.29 is 4.79 Å². The zero-order valence-electron chi connectivity index (χ0n) is 7.42. The maximum atomic E-state index is 11.2. The van der Waals surface area contributed by atoms with Crippen LogP contribution in [-0.2, 0) is 4.79 Å². The van der Waals surface area contributed by atoms with Crippen molar-refractivity contribution >= 4 is 33.2 Å². The molecule has 0 unspecified atom stereocenters. The molecule has 0 aliphatic carbocycles. The molecule has 0 radical (unpaired) electrons. The number of hydrogen-bond acceptors (Lipinski definition) is 2. The van der Waals surface area contributed by atoms with Gasteiger partial charge in [0.1, 0.15) is 0 Å². The van der Waals surface area contributed by atoms with Crippen LogP contribution in [0.5, 0.6) is 0 Å². The predicted octanol–water partition coefficient (Wildman–Crippen LogP) is 2.71. The molecular formula is C9H12BrNOS. The number of alkyl halides is 1. The molecular weight excluding hydrogens is 250 g/mol. The summed E-state index contributed by atoms with van der Waals surface area (Å²) >= 11 is 4.90. The summed E-state index contributed by atoms with van der Waals surface area (Å²) in [5.74, 6) is 0.0952. The number of hydrogen-bond donors (Lipinski definition) is 1. The van der Waals surface area contributed by atoms with Crippen molar-refractivity contribution in [3.05, 3.63) is 22.4 Å². The van der Waals surface area contributed by atoms with Crippen LogP contribution >= 0.6 is 27.3 Å². The largest absolute Gasteiger partial charge is 0.349 e. The Labute approximate surface area is 90.5 Å². The third kappa shape index (κ3) is 3.48. The van der Waals surface area contributed by atoms with Crippen LogP contribution in [0.25, 0.3) is 0 Å². The predicted molar refractivity (Wildman–Crippen MR) is 59.3 cm³/mol. The summed E-state index contributed by atoms with van der Waals surface area (Å²) < 4.78 is 0. The lowest BCUT2D eigenvalue weighted by molar-refractivity contribution is -0.121. The van der Waals surface area contributed by atoms with Crippen molar-refractivity contribution in [2.45, 2.75) is 19.4 Å². The maximum absolute atomic E-state index is 11.2. The summed E-state index contributed by atoms with van der Waals surface area (Å²) in [6.07, 6.45) is 0.537. The molecule has 0 saturated heterocycles. The van der Waals surface area contributed by atoms with Crippen LogP contribution < -0.4 is 5.32 Å². The molecule has 1 atom stereocenters. The van der Waals surface area contributed by atoms with E-state index in [-0.39, 0.29) is 11.9 Å². The lowest BCUT2D eigenvalue weighted by atomic mass is 10.2. The van der Waals surface area contributed by atoms with Gasteiger partial charge >= 0.3 is 0 Å². The summed E-state index contributed by atoms with van der Waals surface area (Å²) in [6.45, 7) is 2.00. The van der Waals surface area contributed by atoms with Crippen molar-refractivity contribution in [2.24, 2.45) is 0 Å². The van der Waals surface area contributed by atoms with Crippen LogP contribution in [0.1, 0.15) is 24.3 Å². The number of carbonyl (C=O) groups is 1. The van der Waals surface area contributed by atoms with E-state index < -0.39 is 0 Å². The van der Waals surface area contributed by atoms with E-state index in [1.807, 2.05) is 24.4 Å². The second kappa shape index (κ2) is 5.40. The van der Waals surface area contributed by atoms with Crippen LogP contribution in [-0.4, -0.2) is 11.2 Å². The zero-order chi connectivity index (χ0) is 9.68. The van der Waals surface area contributed by atoms with Gasteiger partial charge in [0.25, 0.3) is 0 Å². The Bertz CT molecular complexity index is 261. The van der Waals surface area contributed by atoms with Crippen LogP contribution in [0.3, 0.4) is 0 Å². The molecule has 0 aromatic carbocycles. The minimum atomic E-state index is 0.0952. The molecule has 1 aromatic rings. The molecule has 1 aromatic heterocycles. The third-order valence-electron chi connectivity index (χ3n) is 1.67. The van der Waals surface area contributed by atoms with Gasteiger partial charge in [-0.1, -0.05) is 22.0 Å². The van der Waals surface area contributed by atoms with E-state index in [1.165, 1.54) is 4.88 Å². The molecule has 0 spiro atoms. The maximum Gasteiger partial charge on any atom is 0.221 e. The molecule has 1 rings (SSSR count). The van der Waals surface area contributed by atoms with Crippen LogP contribution in [0.2, 0.25) is 0 Å². The molecule has 13 heavy (non-hydrogen) atoms. The van der Waals surface area contributed by atoms with Gasteiger partial charge in [-0.25, -0.2) is 0 Å². The summed E-state index contributed by atoms with van der Waals surface area (Å²) in [6, 6.07) is 4.16. The van der Waals surface area contributed by atoms with Gasteiger partial charge in [-0.05, 0) is 18.4 Å². The standard InChI is InChI=1S/C9H12BrNOS/c1-7(8-3-2-6-13-8)11-9(12)4-5-10/h2-3,6-7H,4-5H2,1H3,(H,11,12)/t7-/m1/s1. The molecule has 4 heteroatoms. The van der Waals surface area contributed by atoms with Gasteiger partial charge in [0.05, 0.1) is 6.04 Å². The normalized spacial score (nSPS) is 12.5. The van der Waals surface area contributed by atoms with Gasteiger partial charge in [0.2, 0.25) is 5.91 Å². The molecule has 0 saturated carbocycles. The highest BCUT2D eigenvalue weighted by Gasteiger charge is 2.08. The van der Waals surface area contributed by atoms with E-state index in [0.29, 0.717) is 6.42 Å². The lowest BCUT2D eigenvalue weighted by Gasteiger charge is -2.10. The topological polar surface area (TPSA) is 29.1 Å². The molecule has 72 valence electrons. The number of halogens is 1. The second-order valence-corrected chi connectivity index (χ2v) is 4.52. The van der Waals surface area contributed by atoms with Gasteiger partial charge < -0.3 is 5.32 Å². The SMILES string of the molecule is C[C@@H](NC(=O)CCBr)c1cccs1. The van der Waals surface area contributed by atoms with E-state index in [0.717, 1.165) is 5.33 Å². The van der Waals surface area contributed by atoms with Gasteiger partial charge in [-0.2, -0.15) is 0 Å². The highest BCUT2D eigenvalue weighted by molar-refractivity contribution is 9.09. The monoisotopic (exact) mass is 261 g/mol. The van der Waals surface area contributed by atoms with E-state index in [4.69, 9.17) is 0 Å². The number of amides is 1. The zero-order valence-corrected chi connectivity index (χ0v) is 9.82. The first-order valence-electron chi connectivity index (χ1n) is 4.12. The molecule has 0 aliphatic rings. The van der Waals surface area contributed by atoms with Crippen LogP contribution in [0.4, 0.5) is 0 Å². The minimum Gasteiger partial charge on any atom is -0.349 e.